The second kappa shape index (κ2) is 7.74. The van der Waals surface area contributed by atoms with Crippen LogP contribution in [-0.2, 0) is 9.53 Å². The number of rotatable bonds is 6. The van der Waals surface area contributed by atoms with Gasteiger partial charge in [-0.3, -0.25) is 4.79 Å². The van der Waals surface area contributed by atoms with Crippen LogP contribution in [0.1, 0.15) is 17.3 Å². The van der Waals surface area contributed by atoms with Crippen LogP contribution in [0.25, 0.3) is 0 Å². The van der Waals surface area contributed by atoms with Crippen molar-refractivity contribution in [2.24, 2.45) is 0 Å². The number of carbonyl (C=O) groups is 2. The van der Waals surface area contributed by atoms with Crippen molar-refractivity contribution in [1.29, 1.82) is 0 Å². The standard InChI is InChI=1S/C15H16F3NO3/c1-4-22-15(21)9(5-6-19(2)3)14(20)10-7-12(17)13(18)8-11(10)16/h5,7-8H,4,6H2,1-3H3/b9-5-. The fourth-order valence-corrected chi connectivity index (χ4v) is 1.59. The van der Waals surface area contributed by atoms with Gasteiger partial charge in [-0.05, 0) is 27.1 Å². The van der Waals surface area contributed by atoms with Gasteiger partial charge in [-0.2, -0.15) is 0 Å². The molecule has 1 rings (SSSR count). The molecule has 0 atom stereocenters. The van der Waals surface area contributed by atoms with Crippen LogP contribution in [0.2, 0.25) is 0 Å². The predicted octanol–water partition coefficient (Wildman–Crippen LogP) is 2.34. The summed E-state index contributed by atoms with van der Waals surface area (Å²) in [4.78, 5) is 25.7. The normalized spacial score (nSPS) is 11.7. The molecule has 1 aromatic rings. The number of likely N-dealkylation sites (N-methyl/N-ethyl adjacent to an activating group) is 1. The number of carbonyl (C=O) groups excluding carboxylic acids is 2. The zero-order valence-corrected chi connectivity index (χ0v) is 12.5. The smallest absolute Gasteiger partial charge is 0.341 e. The van der Waals surface area contributed by atoms with E-state index in [0.717, 1.165) is 0 Å². The van der Waals surface area contributed by atoms with Gasteiger partial charge in [0.2, 0.25) is 5.78 Å². The summed E-state index contributed by atoms with van der Waals surface area (Å²) in [6.45, 7) is 1.78. The van der Waals surface area contributed by atoms with Crippen molar-refractivity contribution >= 4 is 11.8 Å². The molecule has 0 fully saturated rings. The van der Waals surface area contributed by atoms with Crippen molar-refractivity contribution < 1.29 is 27.5 Å². The first-order chi connectivity index (χ1) is 10.3. The van der Waals surface area contributed by atoms with Crippen molar-refractivity contribution in [3.05, 3.63) is 46.8 Å². The van der Waals surface area contributed by atoms with Crippen LogP contribution >= 0.6 is 0 Å². The first-order valence-corrected chi connectivity index (χ1v) is 6.49. The lowest BCUT2D eigenvalue weighted by Crippen LogP contribution is -2.20. The van der Waals surface area contributed by atoms with E-state index in [2.05, 4.69) is 0 Å². The molecule has 0 spiro atoms. The number of halogens is 3. The molecule has 0 aliphatic rings. The van der Waals surface area contributed by atoms with Crippen LogP contribution in [0, 0.1) is 17.5 Å². The van der Waals surface area contributed by atoms with E-state index < -0.39 is 40.3 Å². The molecule has 120 valence electrons. The van der Waals surface area contributed by atoms with Crippen molar-refractivity contribution in [1.82, 2.24) is 4.90 Å². The monoisotopic (exact) mass is 315 g/mol. The van der Waals surface area contributed by atoms with Gasteiger partial charge in [0.05, 0.1) is 12.2 Å². The molecule has 0 heterocycles. The number of hydrogen-bond acceptors (Lipinski definition) is 4. The Morgan fingerprint density at radius 1 is 1.14 bits per heavy atom. The van der Waals surface area contributed by atoms with Gasteiger partial charge in [-0.25, -0.2) is 18.0 Å². The molecule has 0 N–H and O–H groups in total. The number of benzene rings is 1. The summed E-state index contributed by atoms with van der Waals surface area (Å²) in [6.07, 6.45) is 1.25. The van der Waals surface area contributed by atoms with Crippen LogP contribution < -0.4 is 0 Å². The third-order valence-corrected chi connectivity index (χ3v) is 2.66. The minimum Gasteiger partial charge on any atom is -0.462 e. The fraction of sp³-hybridized carbons (Fsp3) is 0.333. The molecule has 0 saturated carbocycles. The predicted molar refractivity (Wildman–Crippen MR) is 73.9 cm³/mol. The van der Waals surface area contributed by atoms with E-state index in [0.29, 0.717) is 6.07 Å². The summed E-state index contributed by atoms with van der Waals surface area (Å²) < 4.78 is 44.5. The number of ketones is 1. The van der Waals surface area contributed by atoms with Gasteiger partial charge in [-0.1, -0.05) is 6.08 Å². The van der Waals surface area contributed by atoms with Crippen LogP contribution in [0.4, 0.5) is 13.2 Å². The van der Waals surface area contributed by atoms with Gasteiger partial charge in [0, 0.05) is 12.6 Å². The Kier molecular flexibility index (Phi) is 6.30. The lowest BCUT2D eigenvalue weighted by molar-refractivity contribution is -0.138. The van der Waals surface area contributed by atoms with Crippen LogP contribution in [-0.4, -0.2) is 43.9 Å². The molecule has 0 aromatic heterocycles. The number of Topliss-reactive ketones (excluding diaryl/α,β-unsaturated/α-hetero) is 1. The zero-order valence-electron chi connectivity index (χ0n) is 12.5. The molecular formula is C15H16F3NO3. The molecule has 1 aromatic carbocycles. The Morgan fingerprint density at radius 2 is 1.73 bits per heavy atom. The second-order valence-electron chi connectivity index (χ2n) is 4.68. The van der Waals surface area contributed by atoms with Gasteiger partial charge >= 0.3 is 5.97 Å². The minimum atomic E-state index is -1.41. The molecule has 0 amide bonds. The maximum Gasteiger partial charge on any atom is 0.341 e. The maximum atomic E-state index is 13.7. The highest BCUT2D eigenvalue weighted by atomic mass is 19.2. The van der Waals surface area contributed by atoms with Crippen molar-refractivity contribution in [3.8, 4) is 0 Å². The molecule has 22 heavy (non-hydrogen) atoms. The van der Waals surface area contributed by atoms with Gasteiger partial charge in [0.15, 0.2) is 11.6 Å². The zero-order chi connectivity index (χ0) is 16.9. The number of esters is 1. The number of ether oxygens (including phenoxy) is 1. The molecule has 0 aliphatic carbocycles. The van der Waals surface area contributed by atoms with Gasteiger partial charge in [0.1, 0.15) is 11.4 Å². The summed E-state index contributed by atoms with van der Waals surface area (Å²) in [5.41, 5.74) is -1.16. The van der Waals surface area contributed by atoms with Gasteiger partial charge in [0.25, 0.3) is 0 Å². The van der Waals surface area contributed by atoms with E-state index >= 15 is 0 Å². The van der Waals surface area contributed by atoms with Gasteiger partial charge in [-0.15, -0.1) is 0 Å². The Bertz CT molecular complexity index is 612. The summed E-state index contributed by atoms with van der Waals surface area (Å²) in [5.74, 6) is -6.04. The summed E-state index contributed by atoms with van der Waals surface area (Å²) in [7, 11) is 3.39. The highest BCUT2D eigenvalue weighted by Gasteiger charge is 2.25. The SMILES string of the molecule is CCOC(=O)/C(=C\CN(C)C)C(=O)c1cc(F)c(F)cc1F. The maximum absolute atomic E-state index is 13.7. The highest BCUT2D eigenvalue weighted by Crippen LogP contribution is 2.18. The second-order valence-corrected chi connectivity index (χ2v) is 4.68. The van der Waals surface area contributed by atoms with Crippen LogP contribution in [0.3, 0.4) is 0 Å². The topological polar surface area (TPSA) is 46.6 Å². The molecule has 0 unspecified atom stereocenters. The highest BCUT2D eigenvalue weighted by molar-refractivity contribution is 6.24. The Balaban J connectivity index is 3.25. The summed E-state index contributed by atoms with van der Waals surface area (Å²) >= 11 is 0. The first-order valence-electron chi connectivity index (χ1n) is 6.49. The van der Waals surface area contributed by atoms with Crippen LogP contribution in [0.5, 0.6) is 0 Å². The molecular weight excluding hydrogens is 299 g/mol. The molecule has 0 bridgehead atoms. The largest absolute Gasteiger partial charge is 0.462 e. The Labute approximate surface area is 126 Å². The third kappa shape index (κ3) is 4.42. The summed E-state index contributed by atoms with van der Waals surface area (Å²) in [5, 5.41) is 0. The third-order valence-electron chi connectivity index (χ3n) is 2.66. The number of nitrogens with zero attached hydrogens (tertiary/aromatic N) is 1. The van der Waals surface area contributed by atoms with Crippen LogP contribution in [0.15, 0.2) is 23.8 Å². The van der Waals surface area contributed by atoms with E-state index in [1.807, 2.05) is 0 Å². The molecule has 0 aliphatic heterocycles. The van der Waals surface area contributed by atoms with Crippen molar-refractivity contribution in [2.45, 2.75) is 6.92 Å². The van der Waals surface area contributed by atoms with Crippen molar-refractivity contribution in [2.75, 3.05) is 27.2 Å². The summed E-state index contributed by atoms with van der Waals surface area (Å²) in [6, 6.07) is 0.688. The quantitative estimate of drug-likeness (QED) is 0.202. The van der Waals surface area contributed by atoms with E-state index in [1.54, 1.807) is 25.9 Å². The lowest BCUT2D eigenvalue weighted by atomic mass is 10.0. The average molecular weight is 315 g/mol. The van der Waals surface area contributed by atoms with E-state index in [9.17, 15) is 22.8 Å². The fourth-order valence-electron chi connectivity index (χ4n) is 1.59. The van der Waals surface area contributed by atoms with E-state index in [-0.39, 0.29) is 19.2 Å². The molecule has 7 heteroatoms. The molecule has 0 radical (unpaired) electrons. The first kappa shape index (κ1) is 17.9. The number of hydrogen-bond donors (Lipinski definition) is 0. The van der Waals surface area contributed by atoms with E-state index in [4.69, 9.17) is 4.74 Å². The molecule has 4 nitrogen and oxygen atoms in total. The van der Waals surface area contributed by atoms with E-state index in [1.165, 1.54) is 6.08 Å². The molecule has 0 saturated heterocycles. The lowest BCUT2D eigenvalue weighted by Gasteiger charge is -2.10. The Morgan fingerprint density at radius 3 is 2.27 bits per heavy atom. The Hall–Kier alpha value is -2.15. The average Bonchev–Trinajstić information content (AvgIpc) is 2.42. The minimum absolute atomic E-state index is 0.0195. The van der Waals surface area contributed by atoms with Crippen molar-refractivity contribution in [3.63, 3.8) is 0 Å². The van der Waals surface area contributed by atoms with Gasteiger partial charge < -0.3 is 9.64 Å².